The van der Waals surface area contributed by atoms with Gasteiger partial charge in [-0.2, -0.15) is 4.39 Å². The number of phenols is 1. The summed E-state index contributed by atoms with van der Waals surface area (Å²) in [6, 6.07) is 1.56. The van der Waals surface area contributed by atoms with E-state index in [-0.39, 0.29) is 18.1 Å². The van der Waals surface area contributed by atoms with Gasteiger partial charge in [-0.25, -0.2) is 0 Å². The van der Waals surface area contributed by atoms with Gasteiger partial charge in [0, 0.05) is 12.0 Å². The maximum atomic E-state index is 13.6. The van der Waals surface area contributed by atoms with E-state index in [0.29, 0.717) is 10.0 Å². The molecule has 0 aliphatic heterocycles. The zero-order valence-corrected chi connectivity index (χ0v) is 10.5. The van der Waals surface area contributed by atoms with Crippen LogP contribution in [0.15, 0.2) is 10.5 Å². The van der Waals surface area contributed by atoms with Crippen LogP contribution >= 0.6 is 15.9 Å². The van der Waals surface area contributed by atoms with Crippen LogP contribution in [0.2, 0.25) is 0 Å². The molecule has 1 aromatic rings. The summed E-state index contributed by atoms with van der Waals surface area (Å²) in [4.78, 5) is 10.4. The lowest BCUT2D eigenvalue weighted by molar-refractivity contribution is -0.108. The van der Waals surface area contributed by atoms with E-state index in [1.807, 2.05) is 0 Å². The lowest BCUT2D eigenvalue weighted by Gasteiger charge is -2.14. The maximum absolute atomic E-state index is 13.6. The van der Waals surface area contributed by atoms with Crippen LogP contribution in [0.5, 0.6) is 11.5 Å². The van der Waals surface area contributed by atoms with Crippen molar-refractivity contribution in [2.24, 2.45) is 0 Å². The number of aldehydes is 1. The van der Waals surface area contributed by atoms with Crippen molar-refractivity contribution in [3.63, 3.8) is 0 Å². The van der Waals surface area contributed by atoms with E-state index >= 15 is 0 Å². The van der Waals surface area contributed by atoms with E-state index in [4.69, 9.17) is 4.74 Å². The molecular formula is C11H12BrFO3. The van der Waals surface area contributed by atoms with Crippen LogP contribution in [0, 0.1) is 5.82 Å². The van der Waals surface area contributed by atoms with Gasteiger partial charge in [-0.05, 0) is 27.9 Å². The van der Waals surface area contributed by atoms with Crippen LogP contribution < -0.4 is 4.74 Å². The molecule has 0 saturated heterocycles. The van der Waals surface area contributed by atoms with Gasteiger partial charge in [0.15, 0.2) is 11.5 Å². The number of aromatic hydroxyl groups is 1. The molecule has 1 aromatic carbocycles. The van der Waals surface area contributed by atoms with Crippen molar-refractivity contribution in [3.8, 4) is 11.5 Å². The fraction of sp³-hybridized carbons (Fsp3) is 0.364. The lowest BCUT2D eigenvalue weighted by atomic mass is 9.97. The number of hydrogen-bond donors (Lipinski definition) is 1. The third kappa shape index (κ3) is 2.35. The molecule has 0 aromatic heterocycles. The number of methoxy groups -OCH3 is 1. The lowest BCUT2D eigenvalue weighted by Crippen LogP contribution is -1.99. The molecule has 0 radical (unpaired) electrons. The fourth-order valence-electron chi connectivity index (χ4n) is 1.44. The predicted molar refractivity (Wildman–Crippen MR) is 61.4 cm³/mol. The molecule has 0 saturated carbocycles. The Morgan fingerprint density at radius 2 is 2.31 bits per heavy atom. The predicted octanol–water partition coefficient (Wildman–Crippen LogP) is 2.99. The average Bonchev–Trinajstić information content (AvgIpc) is 2.24. The zero-order chi connectivity index (χ0) is 12.3. The number of phenolic OH excluding ortho intramolecular Hbond substituents is 1. The highest BCUT2D eigenvalue weighted by atomic mass is 79.9. The van der Waals surface area contributed by atoms with Crippen molar-refractivity contribution >= 4 is 22.2 Å². The maximum Gasteiger partial charge on any atom is 0.208 e. The highest BCUT2D eigenvalue weighted by molar-refractivity contribution is 9.10. The van der Waals surface area contributed by atoms with Crippen molar-refractivity contribution in [2.75, 3.05) is 7.11 Å². The molecule has 0 bridgehead atoms. The quantitative estimate of drug-likeness (QED) is 0.867. The molecule has 0 fully saturated rings. The summed E-state index contributed by atoms with van der Waals surface area (Å²) < 4.78 is 18.8. The smallest absolute Gasteiger partial charge is 0.208 e. The standard InChI is InChI=1S/C11H12BrFO3/c1-6(3-4-14)7-5-8(12)11(16-2)9(13)10(7)15/h4-6,15H,3H2,1-2H3. The SMILES string of the molecule is COc1c(Br)cc(C(C)CC=O)c(O)c1F. The van der Waals surface area contributed by atoms with E-state index in [2.05, 4.69) is 15.9 Å². The van der Waals surface area contributed by atoms with Crippen LogP contribution in [-0.2, 0) is 4.79 Å². The first-order chi connectivity index (χ1) is 7.52. The van der Waals surface area contributed by atoms with Gasteiger partial charge in [-0.3, -0.25) is 0 Å². The van der Waals surface area contributed by atoms with Gasteiger partial charge in [0.05, 0.1) is 11.6 Å². The minimum Gasteiger partial charge on any atom is -0.505 e. The summed E-state index contributed by atoms with van der Waals surface area (Å²) in [5, 5.41) is 9.64. The number of ether oxygens (including phenoxy) is 1. The molecule has 1 N–H and O–H groups in total. The first-order valence-corrected chi connectivity index (χ1v) is 5.50. The summed E-state index contributed by atoms with van der Waals surface area (Å²) >= 11 is 3.15. The molecule has 5 heteroatoms. The number of rotatable bonds is 4. The Labute approximate surface area is 101 Å². The first-order valence-electron chi connectivity index (χ1n) is 4.71. The molecule has 16 heavy (non-hydrogen) atoms. The minimum absolute atomic E-state index is 0.0421. The highest BCUT2D eigenvalue weighted by Crippen LogP contribution is 2.39. The van der Waals surface area contributed by atoms with Crippen LogP contribution in [0.4, 0.5) is 4.39 Å². The molecule has 3 nitrogen and oxygen atoms in total. The second-order valence-corrected chi connectivity index (χ2v) is 4.30. The van der Waals surface area contributed by atoms with Gasteiger partial charge in [0.1, 0.15) is 6.29 Å². The molecule has 1 unspecified atom stereocenters. The number of benzene rings is 1. The topological polar surface area (TPSA) is 46.5 Å². The molecule has 0 aliphatic rings. The fourth-order valence-corrected chi connectivity index (χ4v) is 2.03. The van der Waals surface area contributed by atoms with Gasteiger partial charge in [-0.1, -0.05) is 6.92 Å². The first kappa shape index (κ1) is 13.0. The van der Waals surface area contributed by atoms with Crippen molar-refractivity contribution in [3.05, 3.63) is 21.9 Å². The summed E-state index contributed by atoms with van der Waals surface area (Å²) in [7, 11) is 1.32. The van der Waals surface area contributed by atoms with Gasteiger partial charge < -0.3 is 14.6 Å². The minimum atomic E-state index is -0.815. The summed E-state index contributed by atoms with van der Waals surface area (Å²) in [5.41, 5.74) is 0.386. The second-order valence-electron chi connectivity index (χ2n) is 3.45. The Kier molecular flexibility index (Phi) is 4.29. The van der Waals surface area contributed by atoms with E-state index < -0.39 is 11.6 Å². The van der Waals surface area contributed by atoms with Crippen LogP contribution in [0.3, 0.4) is 0 Å². The Hall–Kier alpha value is -1.10. The summed E-state index contributed by atoms with van der Waals surface area (Å²) in [5.74, 6) is -1.56. The summed E-state index contributed by atoms with van der Waals surface area (Å²) in [6.07, 6.45) is 0.964. The van der Waals surface area contributed by atoms with Crippen LogP contribution in [-0.4, -0.2) is 18.5 Å². The Morgan fingerprint density at radius 3 is 2.81 bits per heavy atom. The summed E-state index contributed by atoms with van der Waals surface area (Å²) in [6.45, 7) is 1.74. The molecular weight excluding hydrogens is 279 g/mol. The Morgan fingerprint density at radius 1 is 1.69 bits per heavy atom. The third-order valence-corrected chi connectivity index (χ3v) is 2.95. The monoisotopic (exact) mass is 290 g/mol. The van der Waals surface area contributed by atoms with Crippen LogP contribution in [0.25, 0.3) is 0 Å². The Bertz CT molecular complexity index is 407. The number of carbonyl (C=O) groups is 1. The molecule has 0 aliphatic carbocycles. The normalized spacial score (nSPS) is 12.2. The van der Waals surface area contributed by atoms with E-state index in [1.165, 1.54) is 7.11 Å². The van der Waals surface area contributed by atoms with Crippen LogP contribution in [0.1, 0.15) is 24.8 Å². The molecule has 0 amide bonds. The van der Waals surface area contributed by atoms with Crippen molar-refractivity contribution in [2.45, 2.75) is 19.3 Å². The van der Waals surface area contributed by atoms with Crippen molar-refractivity contribution in [1.82, 2.24) is 0 Å². The molecule has 1 rings (SSSR count). The molecule has 88 valence electrons. The van der Waals surface area contributed by atoms with Gasteiger partial charge in [0.25, 0.3) is 0 Å². The number of halogens is 2. The van der Waals surface area contributed by atoms with E-state index in [1.54, 1.807) is 13.0 Å². The second kappa shape index (κ2) is 5.30. The van der Waals surface area contributed by atoms with Gasteiger partial charge in [-0.15, -0.1) is 0 Å². The molecule has 0 heterocycles. The number of hydrogen-bond acceptors (Lipinski definition) is 3. The molecule has 0 spiro atoms. The number of carbonyl (C=O) groups excluding carboxylic acids is 1. The van der Waals surface area contributed by atoms with Crippen molar-refractivity contribution < 1.29 is 19.0 Å². The molecule has 1 atom stereocenters. The van der Waals surface area contributed by atoms with Gasteiger partial charge >= 0.3 is 0 Å². The van der Waals surface area contributed by atoms with E-state index in [9.17, 15) is 14.3 Å². The highest BCUT2D eigenvalue weighted by Gasteiger charge is 2.20. The average molecular weight is 291 g/mol. The van der Waals surface area contributed by atoms with Crippen molar-refractivity contribution in [1.29, 1.82) is 0 Å². The van der Waals surface area contributed by atoms with E-state index in [0.717, 1.165) is 6.29 Å². The Balaban J connectivity index is 3.27. The zero-order valence-electron chi connectivity index (χ0n) is 8.96. The largest absolute Gasteiger partial charge is 0.505 e. The van der Waals surface area contributed by atoms with Gasteiger partial charge in [0.2, 0.25) is 5.82 Å². The third-order valence-electron chi connectivity index (χ3n) is 2.36.